The molecule has 0 radical (unpaired) electrons. The van der Waals surface area contributed by atoms with E-state index in [0.717, 1.165) is 0 Å². The predicted molar refractivity (Wildman–Crippen MR) is 117 cm³/mol. The SMILES string of the molecule is CSc1nc2c(F)c(Cl)nc(OCCC3CN(C(=O)OC(C)(C)C)CCN3)c2c(=O)[nH]1. The zero-order chi connectivity index (χ0) is 22.8. The van der Waals surface area contributed by atoms with Crippen LogP contribution in [0.25, 0.3) is 10.9 Å². The summed E-state index contributed by atoms with van der Waals surface area (Å²) in [6.45, 7) is 7.26. The summed E-state index contributed by atoms with van der Waals surface area (Å²) in [6, 6.07) is -0.0389. The molecular formula is C19H25ClFN5O4S. The molecule has 170 valence electrons. The standard InChI is InChI=1S/C19H25ClFN5O4S/c1-19(2,3)30-18(28)26-7-6-22-10(9-26)5-8-29-16-11-13(12(21)14(20)24-16)23-17(31-4)25-15(11)27/h10,22H,5-9H2,1-4H3,(H,23,25,27). The molecule has 1 atom stereocenters. The molecule has 2 aromatic rings. The molecule has 1 saturated heterocycles. The Morgan fingerprint density at radius 2 is 2.13 bits per heavy atom. The molecule has 3 heterocycles. The van der Waals surface area contributed by atoms with E-state index in [1.165, 1.54) is 11.8 Å². The highest BCUT2D eigenvalue weighted by Gasteiger charge is 2.27. The highest BCUT2D eigenvalue weighted by molar-refractivity contribution is 7.98. The van der Waals surface area contributed by atoms with E-state index < -0.39 is 22.1 Å². The number of aromatic nitrogens is 3. The number of thioether (sulfide) groups is 1. The zero-order valence-corrected chi connectivity index (χ0v) is 19.3. The van der Waals surface area contributed by atoms with Gasteiger partial charge in [-0.15, -0.1) is 0 Å². The van der Waals surface area contributed by atoms with Gasteiger partial charge < -0.3 is 24.7 Å². The van der Waals surface area contributed by atoms with Crippen molar-refractivity contribution < 1.29 is 18.7 Å². The normalized spacial score (nSPS) is 17.1. The number of ether oxygens (including phenoxy) is 2. The van der Waals surface area contributed by atoms with E-state index in [0.29, 0.717) is 26.1 Å². The molecule has 1 aliphatic heterocycles. The molecule has 1 amide bonds. The van der Waals surface area contributed by atoms with E-state index in [9.17, 15) is 14.0 Å². The third kappa shape index (κ3) is 5.78. The Balaban J connectivity index is 1.69. The third-order valence-corrected chi connectivity index (χ3v) is 5.34. The summed E-state index contributed by atoms with van der Waals surface area (Å²) in [7, 11) is 0. The number of pyridine rings is 1. The second kappa shape index (κ2) is 9.58. The summed E-state index contributed by atoms with van der Waals surface area (Å²) in [5.74, 6) is -0.949. The topological polar surface area (TPSA) is 109 Å². The number of nitrogens with one attached hydrogen (secondary N) is 2. The molecule has 12 heteroatoms. The minimum absolute atomic E-state index is 0.0389. The Hall–Kier alpha value is -2.11. The number of H-pyrrole nitrogens is 1. The van der Waals surface area contributed by atoms with Crippen LogP contribution in [0.15, 0.2) is 9.95 Å². The zero-order valence-electron chi connectivity index (χ0n) is 17.8. The molecule has 0 aromatic carbocycles. The van der Waals surface area contributed by atoms with Gasteiger partial charge in [0.2, 0.25) is 5.88 Å². The maximum atomic E-state index is 14.4. The number of piperazine rings is 1. The molecular weight excluding hydrogens is 449 g/mol. The second-order valence-electron chi connectivity index (χ2n) is 8.04. The minimum atomic E-state index is -0.868. The predicted octanol–water partition coefficient (Wildman–Crippen LogP) is 2.81. The molecule has 0 spiro atoms. The molecule has 2 N–H and O–H groups in total. The van der Waals surface area contributed by atoms with Crippen LogP contribution in [-0.4, -0.2) is 70.1 Å². The van der Waals surface area contributed by atoms with Crippen molar-refractivity contribution in [3.05, 3.63) is 21.3 Å². The van der Waals surface area contributed by atoms with Gasteiger partial charge in [-0.3, -0.25) is 4.79 Å². The van der Waals surface area contributed by atoms with Gasteiger partial charge in [-0.05, 0) is 33.4 Å². The average molecular weight is 474 g/mol. The number of nitrogens with zero attached hydrogens (tertiary/aromatic N) is 3. The second-order valence-corrected chi connectivity index (χ2v) is 9.19. The number of hydrogen-bond acceptors (Lipinski definition) is 8. The minimum Gasteiger partial charge on any atom is -0.477 e. The summed E-state index contributed by atoms with van der Waals surface area (Å²) < 4.78 is 25.5. The summed E-state index contributed by atoms with van der Waals surface area (Å²) in [4.78, 5) is 36.9. The molecule has 0 saturated carbocycles. The van der Waals surface area contributed by atoms with Crippen LogP contribution in [0.1, 0.15) is 27.2 Å². The molecule has 3 rings (SSSR count). The van der Waals surface area contributed by atoms with Gasteiger partial charge in [-0.25, -0.2) is 14.2 Å². The van der Waals surface area contributed by atoms with E-state index in [1.54, 1.807) is 11.2 Å². The first-order valence-electron chi connectivity index (χ1n) is 9.76. The molecule has 0 aliphatic carbocycles. The van der Waals surface area contributed by atoms with Crippen LogP contribution < -0.4 is 15.6 Å². The molecule has 1 fully saturated rings. The van der Waals surface area contributed by atoms with Crippen molar-refractivity contribution >= 4 is 40.4 Å². The van der Waals surface area contributed by atoms with Gasteiger partial charge in [-0.2, -0.15) is 4.98 Å². The fourth-order valence-electron chi connectivity index (χ4n) is 3.11. The summed E-state index contributed by atoms with van der Waals surface area (Å²) >= 11 is 7.05. The van der Waals surface area contributed by atoms with Gasteiger partial charge in [0.25, 0.3) is 5.56 Å². The number of rotatable bonds is 5. The Labute approximate surface area is 188 Å². The average Bonchev–Trinajstić information content (AvgIpc) is 2.70. The smallest absolute Gasteiger partial charge is 0.410 e. The van der Waals surface area contributed by atoms with Crippen molar-refractivity contribution in [2.75, 3.05) is 32.5 Å². The Morgan fingerprint density at radius 1 is 1.39 bits per heavy atom. The van der Waals surface area contributed by atoms with Crippen molar-refractivity contribution in [1.82, 2.24) is 25.2 Å². The first-order valence-corrected chi connectivity index (χ1v) is 11.4. The van der Waals surface area contributed by atoms with Crippen LogP contribution in [0.5, 0.6) is 5.88 Å². The first-order chi connectivity index (χ1) is 14.6. The van der Waals surface area contributed by atoms with Crippen LogP contribution >= 0.6 is 23.4 Å². The lowest BCUT2D eigenvalue weighted by molar-refractivity contribution is 0.0188. The number of carbonyl (C=O) groups excluding carboxylic acids is 1. The van der Waals surface area contributed by atoms with Crippen LogP contribution in [0.4, 0.5) is 9.18 Å². The highest BCUT2D eigenvalue weighted by Crippen LogP contribution is 2.27. The molecule has 0 bridgehead atoms. The van der Waals surface area contributed by atoms with Crippen molar-refractivity contribution in [3.63, 3.8) is 0 Å². The Bertz CT molecular complexity index is 1030. The third-order valence-electron chi connectivity index (χ3n) is 4.51. The van der Waals surface area contributed by atoms with Crippen molar-refractivity contribution in [3.8, 4) is 5.88 Å². The summed E-state index contributed by atoms with van der Waals surface area (Å²) in [5.41, 5.74) is -1.30. The van der Waals surface area contributed by atoms with Crippen LogP contribution in [-0.2, 0) is 4.74 Å². The lowest BCUT2D eigenvalue weighted by Gasteiger charge is -2.34. The van der Waals surface area contributed by atoms with Gasteiger partial charge in [0, 0.05) is 25.7 Å². The number of hydrogen-bond donors (Lipinski definition) is 2. The van der Waals surface area contributed by atoms with E-state index in [-0.39, 0.29) is 40.7 Å². The van der Waals surface area contributed by atoms with E-state index in [2.05, 4.69) is 20.3 Å². The van der Waals surface area contributed by atoms with Crippen LogP contribution in [0, 0.1) is 5.82 Å². The van der Waals surface area contributed by atoms with Gasteiger partial charge in [0.05, 0.1) is 6.61 Å². The monoisotopic (exact) mass is 473 g/mol. The number of halogens is 2. The van der Waals surface area contributed by atoms with E-state index >= 15 is 0 Å². The Morgan fingerprint density at radius 3 is 2.81 bits per heavy atom. The lowest BCUT2D eigenvalue weighted by atomic mass is 10.1. The maximum absolute atomic E-state index is 14.4. The fourth-order valence-corrected chi connectivity index (χ4v) is 3.66. The number of carbonyl (C=O) groups is 1. The van der Waals surface area contributed by atoms with Gasteiger partial charge in [0.1, 0.15) is 16.5 Å². The van der Waals surface area contributed by atoms with Gasteiger partial charge in [-0.1, -0.05) is 23.4 Å². The molecule has 2 aromatic heterocycles. The largest absolute Gasteiger partial charge is 0.477 e. The van der Waals surface area contributed by atoms with Crippen LogP contribution in [0.2, 0.25) is 5.15 Å². The number of fused-ring (bicyclic) bond motifs is 1. The molecule has 31 heavy (non-hydrogen) atoms. The maximum Gasteiger partial charge on any atom is 0.410 e. The molecule has 9 nitrogen and oxygen atoms in total. The first kappa shape index (κ1) is 23.6. The molecule has 1 unspecified atom stereocenters. The summed E-state index contributed by atoms with van der Waals surface area (Å²) in [6.07, 6.45) is 1.87. The van der Waals surface area contributed by atoms with Crippen LogP contribution in [0.3, 0.4) is 0 Å². The number of amides is 1. The quantitative estimate of drug-likeness (QED) is 0.387. The van der Waals surface area contributed by atoms with Crippen molar-refractivity contribution in [2.45, 2.75) is 44.0 Å². The fraction of sp³-hybridized carbons (Fsp3) is 0.579. The molecule has 1 aliphatic rings. The van der Waals surface area contributed by atoms with Crippen molar-refractivity contribution in [1.29, 1.82) is 0 Å². The Kier molecular flexibility index (Phi) is 7.28. The summed E-state index contributed by atoms with van der Waals surface area (Å²) in [5, 5.41) is 3.07. The van der Waals surface area contributed by atoms with E-state index in [4.69, 9.17) is 21.1 Å². The number of aromatic amines is 1. The highest BCUT2D eigenvalue weighted by atomic mass is 35.5. The van der Waals surface area contributed by atoms with E-state index in [1.807, 2.05) is 20.8 Å². The van der Waals surface area contributed by atoms with Gasteiger partial charge >= 0.3 is 6.09 Å². The lowest BCUT2D eigenvalue weighted by Crippen LogP contribution is -2.53. The van der Waals surface area contributed by atoms with Crippen molar-refractivity contribution in [2.24, 2.45) is 0 Å². The van der Waals surface area contributed by atoms with Gasteiger partial charge in [0.15, 0.2) is 16.1 Å².